The van der Waals surface area contributed by atoms with Gasteiger partial charge in [0, 0.05) is 19.6 Å². The third-order valence-electron chi connectivity index (χ3n) is 5.22. The minimum atomic E-state index is -3.88. The fourth-order valence-electron chi connectivity index (χ4n) is 3.49. The molecule has 36 heavy (non-hydrogen) atoms. The van der Waals surface area contributed by atoms with Crippen LogP contribution < -0.4 is 5.32 Å². The van der Waals surface area contributed by atoms with Crippen molar-refractivity contribution in [2.24, 2.45) is 0 Å². The molecule has 10 nitrogen and oxygen atoms in total. The molecule has 1 heterocycles. The van der Waals surface area contributed by atoms with E-state index >= 15 is 0 Å². The number of hydroxylamine groups is 2. The molecule has 3 amide bonds. The number of rotatable bonds is 10. The third kappa shape index (κ3) is 6.68. The van der Waals surface area contributed by atoms with Crippen molar-refractivity contribution in [3.05, 3.63) is 65.2 Å². The van der Waals surface area contributed by atoms with Crippen molar-refractivity contribution in [2.45, 2.75) is 44.6 Å². The van der Waals surface area contributed by atoms with Crippen LogP contribution in [0, 0.1) is 6.92 Å². The highest BCUT2D eigenvalue weighted by atomic mass is 32.2. The number of imide groups is 1. The second-order valence-corrected chi connectivity index (χ2v) is 11.2. The molecule has 1 aliphatic heterocycles. The zero-order valence-electron chi connectivity index (χ0n) is 20.8. The molecule has 2 aromatic carbocycles. The number of benzene rings is 2. The lowest BCUT2D eigenvalue weighted by Crippen LogP contribution is -2.41. The predicted molar refractivity (Wildman–Crippen MR) is 132 cm³/mol. The number of aryl methyl sites for hydroxylation is 1. The van der Waals surface area contributed by atoms with Crippen LogP contribution >= 0.6 is 0 Å². The zero-order chi connectivity index (χ0) is 26.5. The number of carbonyl (C=O) groups is 3. The summed E-state index contributed by atoms with van der Waals surface area (Å²) in [6, 6.07) is 12.9. The van der Waals surface area contributed by atoms with Gasteiger partial charge in [0.15, 0.2) is 0 Å². The van der Waals surface area contributed by atoms with Gasteiger partial charge in [0.1, 0.15) is 5.60 Å². The van der Waals surface area contributed by atoms with Gasteiger partial charge in [0.25, 0.3) is 11.8 Å². The van der Waals surface area contributed by atoms with Crippen LogP contribution in [0.15, 0.2) is 53.4 Å². The lowest BCUT2D eigenvalue weighted by molar-refractivity contribution is -0.0923. The molecule has 0 fully saturated rings. The molecular formula is C25H31N3O7S. The second kappa shape index (κ2) is 11.2. The first-order valence-corrected chi connectivity index (χ1v) is 13.0. The van der Waals surface area contributed by atoms with E-state index in [1.807, 2.05) is 6.92 Å². The van der Waals surface area contributed by atoms with Crippen molar-refractivity contribution >= 4 is 27.9 Å². The highest BCUT2D eigenvalue weighted by molar-refractivity contribution is 7.89. The Hall–Kier alpha value is -3.28. The van der Waals surface area contributed by atoms with E-state index < -0.39 is 33.5 Å². The lowest BCUT2D eigenvalue weighted by Gasteiger charge is -2.24. The molecule has 194 valence electrons. The fraction of sp³-hybridized carbons (Fsp3) is 0.400. The molecule has 0 unspecified atom stereocenters. The summed E-state index contributed by atoms with van der Waals surface area (Å²) >= 11 is 0. The standard InChI is InChI=1S/C25H31N3O7S/c1-18-10-12-19(13-11-18)36(32,33)27(16-14-26-24(31)35-25(2,3)4)15-7-17-34-28-22(29)20-8-5-6-9-21(20)23(28)30/h5-6,8-13H,7,14-17H2,1-4H3,(H,26,31). The zero-order valence-corrected chi connectivity index (χ0v) is 21.6. The van der Waals surface area contributed by atoms with Crippen LogP contribution in [0.3, 0.4) is 0 Å². The number of sulfonamides is 1. The Bertz CT molecular complexity index is 1190. The molecule has 0 spiro atoms. The Kier molecular flexibility index (Phi) is 8.49. The van der Waals surface area contributed by atoms with Gasteiger partial charge < -0.3 is 10.1 Å². The van der Waals surface area contributed by atoms with Crippen molar-refractivity contribution < 1.29 is 32.4 Å². The highest BCUT2D eigenvalue weighted by Gasteiger charge is 2.36. The first-order chi connectivity index (χ1) is 16.9. The van der Waals surface area contributed by atoms with Crippen LogP contribution in [0.25, 0.3) is 0 Å². The monoisotopic (exact) mass is 517 g/mol. The van der Waals surface area contributed by atoms with E-state index in [-0.39, 0.29) is 48.7 Å². The number of nitrogens with one attached hydrogen (secondary N) is 1. The quantitative estimate of drug-likeness (QED) is 0.379. The first kappa shape index (κ1) is 27.3. The van der Waals surface area contributed by atoms with Gasteiger partial charge in [-0.1, -0.05) is 29.8 Å². The molecule has 2 aromatic rings. The third-order valence-corrected chi connectivity index (χ3v) is 7.13. The number of fused-ring (bicyclic) bond motifs is 1. The number of alkyl carbamates (subject to hydrolysis) is 1. The van der Waals surface area contributed by atoms with Crippen molar-refractivity contribution in [3.8, 4) is 0 Å². The van der Waals surface area contributed by atoms with Gasteiger partial charge in [-0.3, -0.25) is 14.4 Å². The summed E-state index contributed by atoms with van der Waals surface area (Å²) in [5.41, 5.74) is 0.763. The molecule has 0 bridgehead atoms. The number of hydrogen-bond donors (Lipinski definition) is 1. The number of amides is 3. The number of ether oxygens (including phenoxy) is 1. The first-order valence-electron chi connectivity index (χ1n) is 11.5. The van der Waals surface area contributed by atoms with E-state index in [0.717, 1.165) is 5.56 Å². The van der Waals surface area contributed by atoms with Crippen LogP contribution in [0.5, 0.6) is 0 Å². The molecule has 3 rings (SSSR count). The average Bonchev–Trinajstić information content (AvgIpc) is 3.04. The predicted octanol–water partition coefficient (Wildman–Crippen LogP) is 3.13. The molecule has 0 aliphatic carbocycles. The topological polar surface area (TPSA) is 122 Å². The summed E-state index contributed by atoms with van der Waals surface area (Å²) in [4.78, 5) is 42.4. The lowest BCUT2D eigenvalue weighted by atomic mass is 10.1. The summed E-state index contributed by atoms with van der Waals surface area (Å²) in [5, 5.41) is 3.27. The van der Waals surface area contributed by atoms with E-state index in [0.29, 0.717) is 5.06 Å². The Morgan fingerprint density at radius 1 is 0.972 bits per heavy atom. The number of nitrogens with zero attached hydrogens (tertiary/aromatic N) is 2. The molecule has 1 N–H and O–H groups in total. The highest BCUT2D eigenvalue weighted by Crippen LogP contribution is 2.23. The van der Waals surface area contributed by atoms with Crippen molar-refractivity contribution in [1.29, 1.82) is 0 Å². The van der Waals surface area contributed by atoms with Crippen LogP contribution in [0.4, 0.5) is 4.79 Å². The molecule has 11 heteroatoms. The van der Waals surface area contributed by atoms with Gasteiger partial charge >= 0.3 is 6.09 Å². The van der Waals surface area contributed by atoms with Crippen LogP contribution in [-0.4, -0.2) is 67.5 Å². The van der Waals surface area contributed by atoms with Gasteiger partial charge in [-0.2, -0.15) is 4.31 Å². The van der Waals surface area contributed by atoms with Gasteiger partial charge in [0.05, 0.1) is 22.6 Å². The molecule has 0 atom stereocenters. The maximum Gasteiger partial charge on any atom is 0.407 e. The van der Waals surface area contributed by atoms with Gasteiger partial charge in [-0.05, 0) is 58.4 Å². The molecule has 0 radical (unpaired) electrons. The number of carbonyl (C=O) groups excluding carboxylic acids is 3. The molecule has 0 saturated carbocycles. The van der Waals surface area contributed by atoms with E-state index in [9.17, 15) is 22.8 Å². The molecule has 0 aromatic heterocycles. The molecule has 1 aliphatic rings. The summed E-state index contributed by atoms with van der Waals surface area (Å²) in [7, 11) is -3.88. The minimum Gasteiger partial charge on any atom is -0.444 e. The van der Waals surface area contributed by atoms with Crippen molar-refractivity contribution in [2.75, 3.05) is 26.2 Å². The summed E-state index contributed by atoms with van der Waals surface area (Å²) in [5.74, 6) is -1.11. The van der Waals surface area contributed by atoms with E-state index in [1.54, 1.807) is 57.2 Å². The van der Waals surface area contributed by atoms with Crippen molar-refractivity contribution in [1.82, 2.24) is 14.7 Å². The smallest absolute Gasteiger partial charge is 0.407 e. The normalized spacial score (nSPS) is 13.8. The SMILES string of the molecule is Cc1ccc(S(=O)(=O)N(CCCON2C(=O)c3ccccc3C2=O)CCNC(=O)OC(C)(C)C)cc1. The maximum absolute atomic E-state index is 13.3. The molecular weight excluding hydrogens is 486 g/mol. The summed E-state index contributed by atoms with van der Waals surface area (Å²) in [6.07, 6.45) is -0.450. The Balaban J connectivity index is 1.62. The molecule has 0 saturated heterocycles. The Labute approximate surface area is 211 Å². The fourth-order valence-corrected chi connectivity index (χ4v) is 4.97. The second-order valence-electron chi connectivity index (χ2n) is 9.28. The van der Waals surface area contributed by atoms with E-state index in [2.05, 4.69) is 5.32 Å². The average molecular weight is 518 g/mol. The summed E-state index contributed by atoms with van der Waals surface area (Å²) < 4.78 is 33.0. The van der Waals surface area contributed by atoms with E-state index in [4.69, 9.17) is 9.57 Å². The van der Waals surface area contributed by atoms with Crippen LogP contribution in [-0.2, 0) is 19.6 Å². The Morgan fingerprint density at radius 3 is 2.11 bits per heavy atom. The number of hydrogen-bond acceptors (Lipinski definition) is 7. The van der Waals surface area contributed by atoms with Crippen LogP contribution in [0.2, 0.25) is 0 Å². The van der Waals surface area contributed by atoms with Crippen molar-refractivity contribution in [3.63, 3.8) is 0 Å². The largest absolute Gasteiger partial charge is 0.444 e. The van der Waals surface area contributed by atoms with Crippen LogP contribution in [0.1, 0.15) is 53.5 Å². The van der Waals surface area contributed by atoms with E-state index in [1.165, 1.54) is 16.4 Å². The summed E-state index contributed by atoms with van der Waals surface area (Å²) in [6.45, 7) is 7.04. The van der Waals surface area contributed by atoms with Gasteiger partial charge in [0.2, 0.25) is 10.0 Å². The Morgan fingerprint density at radius 2 is 1.56 bits per heavy atom. The van der Waals surface area contributed by atoms with Gasteiger partial charge in [-0.25, -0.2) is 13.2 Å². The van der Waals surface area contributed by atoms with Gasteiger partial charge in [-0.15, -0.1) is 5.06 Å². The maximum atomic E-state index is 13.3. The minimum absolute atomic E-state index is 0.0114.